The fourth-order valence-corrected chi connectivity index (χ4v) is 9.15. The number of furan rings is 1. The zero-order valence-corrected chi connectivity index (χ0v) is 32.6. The molecule has 4 aliphatic rings. The van der Waals surface area contributed by atoms with Crippen LogP contribution in [0.3, 0.4) is 0 Å². The number of carbonyl (C=O) groups excluding carboxylic acids is 4. The van der Waals surface area contributed by atoms with E-state index >= 15 is 0 Å². The Morgan fingerprint density at radius 3 is 2.51 bits per heavy atom. The molecule has 2 aliphatic carbocycles. The lowest BCUT2D eigenvalue weighted by atomic mass is 10.1. The van der Waals surface area contributed by atoms with E-state index in [0.717, 1.165) is 25.7 Å². The molecule has 0 bridgehead atoms. The van der Waals surface area contributed by atoms with Crippen LogP contribution >= 0.6 is 0 Å². The number of alkyl carbamates (subject to hydrolysis) is 1. The molecule has 2 aromatic heterocycles. The fourth-order valence-electron chi connectivity index (χ4n) is 7.79. The van der Waals surface area contributed by atoms with Crippen LogP contribution in [-0.4, -0.2) is 89.7 Å². The highest BCUT2D eigenvalue weighted by Crippen LogP contribution is 2.46. The van der Waals surface area contributed by atoms with Crippen molar-refractivity contribution in [1.82, 2.24) is 30.2 Å². The summed E-state index contributed by atoms with van der Waals surface area (Å²) in [4.78, 5) is 65.5. The number of rotatable bonds is 7. The second kappa shape index (κ2) is 15.5. The fraction of sp³-hybridized carbons (Fsp3) is 0.450. The number of methoxy groups -OCH3 is 1. The van der Waals surface area contributed by atoms with E-state index in [1.807, 2.05) is 6.08 Å². The molecular weight excluding hydrogens is 798 g/mol. The molecule has 4 aromatic rings. The van der Waals surface area contributed by atoms with Crippen molar-refractivity contribution in [2.24, 2.45) is 5.92 Å². The maximum Gasteiger partial charge on any atom is 0.416 e. The molecule has 0 unspecified atom stereocenters. The van der Waals surface area contributed by atoms with Crippen LogP contribution in [0.4, 0.5) is 18.0 Å². The monoisotopic (exact) mass is 838 g/mol. The summed E-state index contributed by atoms with van der Waals surface area (Å²) in [7, 11) is -2.80. The lowest BCUT2D eigenvalue weighted by Gasteiger charge is -2.29. The number of amides is 4. The van der Waals surface area contributed by atoms with E-state index in [1.54, 1.807) is 30.3 Å². The number of benzene rings is 2. The normalized spacial score (nSPS) is 25.3. The first-order valence-electron chi connectivity index (χ1n) is 19.4. The van der Waals surface area contributed by atoms with Gasteiger partial charge >= 0.3 is 12.3 Å². The SMILES string of the molecule is COC(=O)N[C@H]1CCCCCC=C[C@@H]2C[C@@]2(C(=O)NS(=O)(=O)C2CC2)NC(=O)[C@@H]2C[C@@H](Oc3nc(-c4ccc(C(F)(F)F)cc4)nc4c3oc3ccccc34)CN2C1=O. The van der Waals surface area contributed by atoms with E-state index in [2.05, 4.69) is 25.3 Å². The molecule has 8 rings (SSSR count). The molecular formula is C40H41F3N6O9S. The number of nitrogens with one attached hydrogen (secondary N) is 3. The van der Waals surface area contributed by atoms with Crippen LogP contribution < -0.4 is 20.1 Å². The van der Waals surface area contributed by atoms with E-state index in [0.29, 0.717) is 48.6 Å². The first-order valence-corrected chi connectivity index (χ1v) is 20.9. The number of para-hydroxylation sites is 1. The van der Waals surface area contributed by atoms with Crippen LogP contribution in [0.1, 0.15) is 63.4 Å². The Morgan fingerprint density at radius 1 is 1.02 bits per heavy atom. The number of aromatic nitrogens is 2. The van der Waals surface area contributed by atoms with Crippen LogP contribution in [0.5, 0.6) is 5.88 Å². The highest BCUT2D eigenvalue weighted by Gasteiger charge is 2.62. The first kappa shape index (κ1) is 40.1. The Hall–Kier alpha value is -5.72. The van der Waals surface area contributed by atoms with Crippen molar-refractivity contribution in [2.75, 3.05) is 13.7 Å². The number of carbonyl (C=O) groups is 4. The average molecular weight is 839 g/mol. The molecule has 15 nitrogen and oxygen atoms in total. The van der Waals surface area contributed by atoms with Crippen molar-refractivity contribution in [1.29, 1.82) is 0 Å². The van der Waals surface area contributed by atoms with Gasteiger partial charge in [-0.05, 0) is 62.8 Å². The van der Waals surface area contributed by atoms with Crippen molar-refractivity contribution in [3.63, 3.8) is 0 Å². The van der Waals surface area contributed by atoms with Gasteiger partial charge in [0.1, 0.15) is 34.8 Å². The van der Waals surface area contributed by atoms with Gasteiger partial charge in [-0.15, -0.1) is 0 Å². The molecule has 0 radical (unpaired) electrons. The number of allylic oxidation sites excluding steroid dienone is 1. The number of hydrogen-bond donors (Lipinski definition) is 3. The van der Waals surface area contributed by atoms with E-state index in [9.17, 15) is 40.8 Å². The van der Waals surface area contributed by atoms with Gasteiger partial charge in [-0.2, -0.15) is 18.2 Å². The van der Waals surface area contributed by atoms with Crippen LogP contribution in [0.15, 0.2) is 65.1 Å². The molecule has 1 saturated heterocycles. The minimum atomic E-state index is -4.57. The summed E-state index contributed by atoms with van der Waals surface area (Å²) in [6.45, 7) is -0.198. The van der Waals surface area contributed by atoms with Gasteiger partial charge in [0.2, 0.25) is 27.4 Å². The summed E-state index contributed by atoms with van der Waals surface area (Å²) < 4.78 is 85.5. The van der Waals surface area contributed by atoms with Gasteiger partial charge in [-0.25, -0.2) is 18.2 Å². The summed E-state index contributed by atoms with van der Waals surface area (Å²) >= 11 is 0. The minimum Gasteiger partial charge on any atom is -0.470 e. The Kier molecular flexibility index (Phi) is 10.5. The number of fused-ring (bicyclic) bond motifs is 5. The summed E-state index contributed by atoms with van der Waals surface area (Å²) in [6, 6.07) is 8.89. The Bertz CT molecular complexity index is 2450. The molecule has 2 aliphatic heterocycles. The molecule has 4 heterocycles. The van der Waals surface area contributed by atoms with Gasteiger partial charge < -0.3 is 29.4 Å². The molecule has 3 N–H and O–H groups in total. The molecule has 5 atom stereocenters. The Morgan fingerprint density at radius 2 is 1.78 bits per heavy atom. The molecule has 3 fully saturated rings. The van der Waals surface area contributed by atoms with Crippen LogP contribution in [0, 0.1) is 5.92 Å². The molecule has 312 valence electrons. The lowest BCUT2D eigenvalue weighted by Crippen LogP contribution is -2.58. The molecule has 4 amide bonds. The molecule has 2 saturated carbocycles. The van der Waals surface area contributed by atoms with Crippen molar-refractivity contribution in [2.45, 2.75) is 92.9 Å². The molecule has 59 heavy (non-hydrogen) atoms. The largest absolute Gasteiger partial charge is 0.470 e. The number of alkyl halides is 3. The standard InChI is InChI=1S/C40H41F3N6O9S/c1-56-38(53)44-28-11-6-4-2-3-5-9-24-20-39(24,37(52)48-59(54,55)26-17-18-26)47-34(50)29-19-25(21-49(29)36(28)51)57-35-32-31(27-10-7-8-12-30(27)58-32)45-33(46-35)22-13-15-23(16-14-22)40(41,42)43/h5,7-10,12-16,24-26,28-29H,2-4,6,11,17-21H2,1H3,(H,44,53)(H,47,50)(H,48,52)/t24-,25-,28+,29+,39-/m1/s1. The number of ether oxygens (including phenoxy) is 2. The zero-order valence-electron chi connectivity index (χ0n) is 31.8. The quantitative estimate of drug-likeness (QED) is 0.208. The third kappa shape index (κ3) is 8.16. The smallest absolute Gasteiger partial charge is 0.416 e. The van der Waals surface area contributed by atoms with Crippen molar-refractivity contribution in [3.05, 3.63) is 66.2 Å². The number of hydrogen-bond acceptors (Lipinski definition) is 11. The number of halogens is 3. The van der Waals surface area contributed by atoms with E-state index in [1.165, 1.54) is 17.0 Å². The number of nitrogens with zero attached hydrogens (tertiary/aromatic N) is 3. The molecule has 19 heteroatoms. The van der Waals surface area contributed by atoms with E-state index in [-0.39, 0.29) is 48.7 Å². The third-order valence-electron chi connectivity index (χ3n) is 11.3. The highest BCUT2D eigenvalue weighted by molar-refractivity contribution is 7.91. The average Bonchev–Trinajstić information content (AvgIpc) is 4.11. The van der Waals surface area contributed by atoms with Gasteiger partial charge in [0, 0.05) is 23.3 Å². The second-order valence-electron chi connectivity index (χ2n) is 15.4. The van der Waals surface area contributed by atoms with Gasteiger partial charge in [0.15, 0.2) is 5.82 Å². The van der Waals surface area contributed by atoms with Crippen molar-refractivity contribution >= 4 is 55.9 Å². The maximum absolute atomic E-state index is 14.4. The zero-order chi connectivity index (χ0) is 41.7. The predicted octanol–water partition coefficient (Wildman–Crippen LogP) is 5.14. The first-order chi connectivity index (χ1) is 28.2. The van der Waals surface area contributed by atoms with Gasteiger partial charge in [0.25, 0.3) is 11.8 Å². The molecule has 0 spiro atoms. The van der Waals surface area contributed by atoms with Gasteiger partial charge in [0.05, 0.1) is 24.5 Å². The second-order valence-corrected chi connectivity index (χ2v) is 17.3. The van der Waals surface area contributed by atoms with Crippen LogP contribution in [0.2, 0.25) is 0 Å². The van der Waals surface area contributed by atoms with E-state index in [4.69, 9.17) is 13.9 Å². The van der Waals surface area contributed by atoms with Crippen molar-refractivity contribution in [3.8, 4) is 17.3 Å². The third-order valence-corrected chi connectivity index (χ3v) is 13.1. The summed E-state index contributed by atoms with van der Waals surface area (Å²) in [5.74, 6) is -2.80. The van der Waals surface area contributed by atoms with Crippen molar-refractivity contribution < 1.29 is 54.7 Å². The van der Waals surface area contributed by atoms with Crippen LogP contribution in [0.25, 0.3) is 33.5 Å². The predicted molar refractivity (Wildman–Crippen MR) is 205 cm³/mol. The van der Waals surface area contributed by atoms with E-state index < -0.39 is 80.5 Å². The summed E-state index contributed by atoms with van der Waals surface area (Å²) in [6.07, 6.45) is 1.00. The van der Waals surface area contributed by atoms with Crippen LogP contribution in [-0.2, 0) is 35.3 Å². The lowest BCUT2D eigenvalue weighted by molar-refractivity contribution is -0.141. The Balaban J connectivity index is 1.15. The maximum atomic E-state index is 14.4. The molecule has 2 aromatic carbocycles. The number of sulfonamides is 1. The summed E-state index contributed by atoms with van der Waals surface area (Å²) in [5, 5.41) is 5.28. The summed E-state index contributed by atoms with van der Waals surface area (Å²) in [5.41, 5.74) is -1.35. The minimum absolute atomic E-state index is 0.0266. The topological polar surface area (TPSA) is 199 Å². The highest BCUT2D eigenvalue weighted by atomic mass is 32.2. The van der Waals surface area contributed by atoms with Gasteiger partial charge in [-0.3, -0.25) is 19.1 Å². The Labute approximate surface area is 336 Å². The van der Waals surface area contributed by atoms with Gasteiger partial charge in [-0.1, -0.05) is 49.3 Å².